The van der Waals surface area contributed by atoms with Crippen LogP contribution in [0.3, 0.4) is 0 Å². The van der Waals surface area contributed by atoms with Crippen LogP contribution >= 0.6 is 0 Å². The van der Waals surface area contributed by atoms with Crippen LogP contribution in [0.2, 0.25) is 0 Å². The van der Waals surface area contributed by atoms with Crippen molar-refractivity contribution in [1.82, 2.24) is 15.2 Å². The Bertz CT molecular complexity index is 1290. The number of alkyl carbamates (subject to hydrolysis) is 1. The molecule has 38 heavy (non-hydrogen) atoms. The van der Waals surface area contributed by atoms with Crippen molar-refractivity contribution in [1.29, 1.82) is 0 Å². The van der Waals surface area contributed by atoms with Crippen molar-refractivity contribution < 1.29 is 14.3 Å². The van der Waals surface area contributed by atoms with Gasteiger partial charge in [-0.15, -0.1) is 0 Å². The first kappa shape index (κ1) is 26.1. The van der Waals surface area contributed by atoms with E-state index in [-0.39, 0.29) is 11.9 Å². The van der Waals surface area contributed by atoms with Crippen LogP contribution in [-0.4, -0.2) is 72.3 Å². The summed E-state index contributed by atoms with van der Waals surface area (Å²) in [6.07, 6.45) is 3.25. The number of hydrogen-bond donors (Lipinski definition) is 2. The van der Waals surface area contributed by atoms with E-state index in [1.807, 2.05) is 50.1 Å². The van der Waals surface area contributed by atoms with Gasteiger partial charge in [0.05, 0.1) is 6.04 Å². The molecule has 1 saturated heterocycles. The lowest BCUT2D eigenvalue weighted by molar-refractivity contribution is -0.121. The molecule has 3 aromatic rings. The van der Waals surface area contributed by atoms with E-state index in [1.54, 1.807) is 6.92 Å². The number of nitrogens with zero attached hydrogens (tertiary/aromatic N) is 3. The lowest BCUT2D eigenvalue weighted by Crippen LogP contribution is -2.57. The lowest BCUT2D eigenvalue weighted by atomic mass is 9.94. The molecule has 2 atom stereocenters. The summed E-state index contributed by atoms with van der Waals surface area (Å²) in [6, 6.07) is 16.0. The number of benzene rings is 2. The average Bonchev–Trinajstić information content (AvgIpc) is 3.37. The highest BCUT2D eigenvalue weighted by Gasteiger charge is 2.35. The molecule has 0 spiro atoms. The molecule has 0 saturated carbocycles. The molecule has 1 fully saturated rings. The fraction of sp³-hybridized carbons (Fsp3) is 0.467. The molecular weight excluding hydrogens is 478 g/mol. The Morgan fingerprint density at radius 3 is 2.53 bits per heavy atom. The fourth-order valence-corrected chi connectivity index (χ4v) is 5.65. The van der Waals surface area contributed by atoms with Crippen molar-refractivity contribution in [3.63, 3.8) is 0 Å². The second kappa shape index (κ2) is 10.7. The molecule has 8 nitrogen and oxygen atoms in total. The Morgan fingerprint density at radius 2 is 1.76 bits per heavy atom. The van der Waals surface area contributed by atoms with Gasteiger partial charge in [-0.1, -0.05) is 24.3 Å². The predicted molar refractivity (Wildman–Crippen MR) is 152 cm³/mol. The molecule has 2 N–H and O–H groups in total. The van der Waals surface area contributed by atoms with Crippen LogP contribution in [0.25, 0.3) is 10.9 Å². The van der Waals surface area contributed by atoms with E-state index in [0.717, 1.165) is 56.8 Å². The number of hydrogen-bond acceptors (Lipinski definition) is 5. The second-order valence-electron chi connectivity index (χ2n) is 11.4. The summed E-state index contributed by atoms with van der Waals surface area (Å²) >= 11 is 0. The van der Waals surface area contributed by atoms with Crippen molar-refractivity contribution >= 4 is 34.3 Å². The van der Waals surface area contributed by atoms with Crippen LogP contribution in [0.15, 0.2) is 54.7 Å². The van der Waals surface area contributed by atoms with Crippen molar-refractivity contribution in [2.75, 3.05) is 42.5 Å². The zero-order chi connectivity index (χ0) is 26.9. The van der Waals surface area contributed by atoms with E-state index in [1.165, 1.54) is 16.6 Å². The van der Waals surface area contributed by atoms with Crippen LogP contribution < -0.4 is 15.1 Å². The number of aromatic nitrogens is 1. The molecule has 2 unspecified atom stereocenters. The SMILES string of the molecule is CC(NC(=O)OC(C)(C)C)C(=O)N1c2ccccc2CCC1CN1CCN(c2cccc3[nH]ccc23)CC1. The highest BCUT2D eigenvalue weighted by atomic mass is 16.6. The molecule has 202 valence electrons. The third-order valence-electron chi connectivity index (χ3n) is 7.46. The summed E-state index contributed by atoms with van der Waals surface area (Å²) in [4.78, 5) is 36.3. The minimum absolute atomic E-state index is 0.0416. The van der Waals surface area contributed by atoms with E-state index in [9.17, 15) is 9.59 Å². The maximum absolute atomic E-state index is 13.8. The molecule has 0 bridgehead atoms. The van der Waals surface area contributed by atoms with Gasteiger partial charge in [-0.05, 0) is 70.4 Å². The summed E-state index contributed by atoms with van der Waals surface area (Å²) in [6.45, 7) is 11.7. The summed E-state index contributed by atoms with van der Waals surface area (Å²) < 4.78 is 5.40. The number of H-pyrrole nitrogens is 1. The van der Waals surface area contributed by atoms with Gasteiger partial charge in [0.25, 0.3) is 0 Å². The van der Waals surface area contributed by atoms with Gasteiger partial charge >= 0.3 is 6.09 Å². The highest BCUT2D eigenvalue weighted by Crippen LogP contribution is 2.32. The van der Waals surface area contributed by atoms with E-state index in [4.69, 9.17) is 4.74 Å². The molecule has 2 amide bonds. The van der Waals surface area contributed by atoms with Crippen LogP contribution in [0, 0.1) is 0 Å². The smallest absolute Gasteiger partial charge is 0.408 e. The van der Waals surface area contributed by atoms with Crippen molar-refractivity contribution in [2.24, 2.45) is 0 Å². The van der Waals surface area contributed by atoms with Crippen LogP contribution in [0.1, 0.15) is 39.7 Å². The number of para-hydroxylation sites is 1. The normalized spacial score (nSPS) is 19.2. The molecule has 3 heterocycles. The minimum Gasteiger partial charge on any atom is -0.444 e. The highest BCUT2D eigenvalue weighted by molar-refractivity contribution is 6.00. The number of carbonyl (C=O) groups is 2. The van der Waals surface area contributed by atoms with Crippen molar-refractivity contribution in [3.8, 4) is 0 Å². The van der Waals surface area contributed by atoms with E-state index in [2.05, 4.69) is 50.4 Å². The van der Waals surface area contributed by atoms with Crippen LogP contribution in [-0.2, 0) is 16.0 Å². The van der Waals surface area contributed by atoms with Gasteiger partial charge in [0.2, 0.25) is 5.91 Å². The molecule has 5 rings (SSSR count). The Morgan fingerprint density at radius 1 is 1.03 bits per heavy atom. The average molecular weight is 518 g/mol. The third-order valence-corrected chi connectivity index (χ3v) is 7.46. The monoisotopic (exact) mass is 517 g/mol. The predicted octanol–water partition coefficient (Wildman–Crippen LogP) is 4.55. The van der Waals surface area contributed by atoms with Crippen molar-refractivity contribution in [3.05, 3.63) is 60.3 Å². The molecule has 0 radical (unpaired) electrons. The van der Waals surface area contributed by atoms with Gasteiger partial charge in [0, 0.05) is 61.2 Å². The summed E-state index contributed by atoms with van der Waals surface area (Å²) in [5, 5.41) is 4.01. The Kier molecular flexibility index (Phi) is 7.34. The van der Waals surface area contributed by atoms with Gasteiger partial charge in [0.1, 0.15) is 11.6 Å². The topological polar surface area (TPSA) is 80.9 Å². The van der Waals surface area contributed by atoms with Crippen LogP contribution in [0.5, 0.6) is 0 Å². The second-order valence-corrected chi connectivity index (χ2v) is 11.4. The summed E-state index contributed by atoms with van der Waals surface area (Å²) in [5.74, 6) is -0.106. The first-order chi connectivity index (χ1) is 18.2. The largest absolute Gasteiger partial charge is 0.444 e. The molecule has 8 heteroatoms. The number of anilines is 2. The molecule has 2 aromatic carbocycles. The van der Waals surface area contributed by atoms with Gasteiger partial charge < -0.3 is 24.8 Å². The Hall–Kier alpha value is -3.52. The number of piperazine rings is 1. The summed E-state index contributed by atoms with van der Waals surface area (Å²) in [7, 11) is 0. The number of aromatic amines is 1. The molecule has 2 aliphatic heterocycles. The number of ether oxygens (including phenoxy) is 1. The van der Waals surface area contributed by atoms with Gasteiger partial charge in [0.15, 0.2) is 0 Å². The number of rotatable bonds is 5. The van der Waals surface area contributed by atoms with Gasteiger partial charge in [-0.3, -0.25) is 9.69 Å². The Balaban J connectivity index is 1.27. The third kappa shape index (κ3) is 5.65. The van der Waals surface area contributed by atoms with Gasteiger partial charge in [-0.2, -0.15) is 0 Å². The van der Waals surface area contributed by atoms with E-state index >= 15 is 0 Å². The van der Waals surface area contributed by atoms with Crippen molar-refractivity contribution in [2.45, 2.75) is 58.2 Å². The van der Waals surface area contributed by atoms with E-state index in [0.29, 0.717) is 0 Å². The number of amides is 2. The maximum Gasteiger partial charge on any atom is 0.408 e. The molecular formula is C30H39N5O3. The number of nitrogens with one attached hydrogen (secondary N) is 2. The maximum atomic E-state index is 13.8. The molecule has 0 aliphatic carbocycles. The lowest BCUT2D eigenvalue weighted by Gasteiger charge is -2.43. The Labute approximate surface area is 224 Å². The molecule has 2 aliphatic rings. The standard InChI is InChI=1S/C30H39N5O3/c1-21(32-29(37)38-30(2,3)4)28(36)35-23(13-12-22-8-5-6-10-26(22)35)20-33-16-18-34(19-17-33)27-11-7-9-25-24(27)14-15-31-25/h5-11,14-15,21,23,31H,12-13,16-20H2,1-4H3,(H,32,37). The fourth-order valence-electron chi connectivity index (χ4n) is 5.65. The molecule has 1 aromatic heterocycles. The zero-order valence-corrected chi connectivity index (χ0v) is 22.9. The van der Waals surface area contributed by atoms with Crippen LogP contribution in [0.4, 0.5) is 16.2 Å². The minimum atomic E-state index is -0.697. The number of fused-ring (bicyclic) bond motifs is 2. The quantitative estimate of drug-likeness (QED) is 0.519. The number of aryl methyl sites for hydroxylation is 1. The zero-order valence-electron chi connectivity index (χ0n) is 22.9. The number of carbonyl (C=O) groups excluding carboxylic acids is 2. The first-order valence-electron chi connectivity index (χ1n) is 13.6. The first-order valence-corrected chi connectivity index (χ1v) is 13.6. The van der Waals surface area contributed by atoms with E-state index < -0.39 is 17.7 Å². The summed E-state index contributed by atoms with van der Waals surface area (Å²) in [5.41, 5.74) is 3.93. The van der Waals surface area contributed by atoms with Gasteiger partial charge in [-0.25, -0.2) is 4.79 Å².